The van der Waals surface area contributed by atoms with Crippen molar-refractivity contribution in [2.45, 2.75) is 32.9 Å². The number of halogens is 3. The predicted molar refractivity (Wildman–Crippen MR) is 165 cm³/mol. The van der Waals surface area contributed by atoms with Gasteiger partial charge < -0.3 is 10.2 Å². The Morgan fingerprint density at radius 3 is 2.12 bits per heavy atom. The number of amides is 2. The molecule has 1 unspecified atom stereocenters. The van der Waals surface area contributed by atoms with Crippen molar-refractivity contribution in [2.24, 2.45) is 5.92 Å². The Morgan fingerprint density at radius 1 is 0.925 bits per heavy atom. The monoisotopic (exact) mass is 667 g/mol. The van der Waals surface area contributed by atoms with Gasteiger partial charge in [-0.25, -0.2) is 8.42 Å². The van der Waals surface area contributed by atoms with E-state index in [0.29, 0.717) is 6.54 Å². The van der Waals surface area contributed by atoms with Gasteiger partial charge in [0.05, 0.1) is 11.9 Å². The van der Waals surface area contributed by atoms with Crippen molar-refractivity contribution < 1.29 is 18.0 Å². The second-order valence-electron chi connectivity index (χ2n) is 9.89. The Bertz CT molecular complexity index is 1420. The number of hydrogen-bond donors (Lipinski definition) is 1. The molecule has 0 bridgehead atoms. The van der Waals surface area contributed by atoms with E-state index in [1.807, 2.05) is 68.4 Å². The summed E-state index contributed by atoms with van der Waals surface area (Å²) in [6, 6.07) is 20.2. The number of nitrogens with one attached hydrogen (secondary N) is 1. The first-order valence-corrected chi connectivity index (χ1v) is 16.0. The molecular formula is C29H32BrCl2N3O4S. The Labute approximate surface area is 254 Å². The first-order chi connectivity index (χ1) is 18.8. The summed E-state index contributed by atoms with van der Waals surface area (Å²) in [4.78, 5) is 29.1. The highest BCUT2D eigenvalue weighted by molar-refractivity contribution is 9.10. The molecule has 0 aliphatic carbocycles. The Balaban J connectivity index is 2.06. The number of carbonyl (C=O) groups is 2. The van der Waals surface area contributed by atoms with E-state index in [1.54, 1.807) is 0 Å². The predicted octanol–water partition coefficient (Wildman–Crippen LogP) is 5.93. The topological polar surface area (TPSA) is 86.8 Å². The summed E-state index contributed by atoms with van der Waals surface area (Å²) >= 11 is 15.8. The molecular weight excluding hydrogens is 637 g/mol. The van der Waals surface area contributed by atoms with Gasteiger partial charge in [-0.05, 0) is 47.4 Å². The number of anilines is 1. The van der Waals surface area contributed by atoms with Crippen molar-refractivity contribution in [2.75, 3.05) is 23.7 Å². The van der Waals surface area contributed by atoms with Crippen molar-refractivity contribution in [1.29, 1.82) is 0 Å². The summed E-state index contributed by atoms with van der Waals surface area (Å²) in [7, 11) is -3.93. The number of rotatable bonds is 12. The van der Waals surface area contributed by atoms with Crippen molar-refractivity contribution in [3.05, 3.63) is 98.4 Å². The van der Waals surface area contributed by atoms with Crippen molar-refractivity contribution in [1.82, 2.24) is 10.2 Å². The van der Waals surface area contributed by atoms with E-state index in [4.69, 9.17) is 23.2 Å². The van der Waals surface area contributed by atoms with E-state index in [1.165, 1.54) is 23.1 Å². The van der Waals surface area contributed by atoms with Gasteiger partial charge in [0.25, 0.3) is 0 Å². The van der Waals surface area contributed by atoms with Gasteiger partial charge >= 0.3 is 0 Å². The van der Waals surface area contributed by atoms with Crippen LogP contribution in [0.1, 0.15) is 25.0 Å². The van der Waals surface area contributed by atoms with E-state index < -0.39 is 28.5 Å². The summed E-state index contributed by atoms with van der Waals surface area (Å²) in [5, 5.41) is 3.41. The van der Waals surface area contributed by atoms with Crippen molar-refractivity contribution in [3.63, 3.8) is 0 Å². The first kappa shape index (κ1) is 31.9. The standard InChI is InChI=1S/C29H32BrCl2N3O4S/c1-20(2)17-33-29(37)27(13-21-8-5-4-6-9-21)34(18-22-10-7-11-23(30)12-22)28(36)19-35(40(3,38)39)26-15-24(31)14-25(32)16-26/h4-12,14-16,20,27H,13,17-19H2,1-3H3,(H,33,37). The number of carbonyl (C=O) groups excluding carboxylic acids is 2. The molecule has 40 heavy (non-hydrogen) atoms. The second kappa shape index (κ2) is 14.3. The summed E-state index contributed by atoms with van der Waals surface area (Å²) in [5.41, 5.74) is 1.79. The maximum Gasteiger partial charge on any atom is 0.244 e. The normalized spacial score (nSPS) is 12.2. The molecule has 0 fully saturated rings. The summed E-state index contributed by atoms with van der Waals surface area (Å²) in [5.74, 6) is -0.677. The molecule has 1 atom stereocenters. The average Bonchev–Trinajstić information content (AvgIpc) is 2.87. The Kier molecular flexibility index (Phi) is 11.5. The molecule has 3 rings (SSSR count). The second-order valence-corrected chi connectivity index (χ2v) is 13.6. The lowest BCUT2D eigenvalue weighted by molar-refractivity contribution is -0.140. The average molecular weight is 669 g/mol. The number of nitrogens with zero attached hydrogens (tertiary/aromatic N) is 2. The highest BCUT2D eigenvalue weighted by atomic mass is 79.9. The highest BCUT2D eigenvalue weighted by Gasteiger charge is 2.33. The molecule has 2 amide bonds. The molecule has 0 aliphatic heterocycles. The zero-order chi connectivity index (χ0) is 29.4. The molecule has 0 saturated heterocycles. The maximum atomic E-state index is 14.1. The van der Waals surface area contributed by atoms with E-state index >= 15 is 0 Å². The summed E-state index contributed by atoms with van der Waals surface area (Å²) in [6.07, 6.45) is 1.25. The zero-order valence-corrected chi connectivity index (χ0v) is 26.4. The first-order valence-electron chi connectivity index (χ1n) is 12.6. The zero-order valence-electron chi connectivity index (χ0n) is 22.5. The Hall–Kier alpha value is -2.59. The van der Waals surface area contributed by atoms with Crippen LogP contribution in [0.2, 0.25) is 10.0 Å². The molecule has 0 aliphatic rings. The van der Waals surface area contributed by atoms with Gasteiger partial charge in [0.15, 0.2) is 0 Å². The highest BCUT2D eigenvalue weighted by Crippen LogP contribution is 2.28. The molecule has 7 nitrogen and oxygen atoms in total. The van der Waals surface area contributed by atoms with Crippen LogP contribution in [0.25, 0.3) is 0 Å². The summed E-state index contributed by atoms with van der Waals surface area (Å²) in [6.45, 7) is 3.93. The number of hydrogen-bond acceptors (Lipinski definition) is 4. The third-order valence-electron chi connectivity index (χ3n) is 6.01. The third kappa shape index (κ3) is 9.51. The quantitative estimate of drug-likeness (QED) is 0.259. The lowest BCUT2D eigenvalue weighted by Gasteiger charge is -2.33. The molecule has 11 heteroatoms. The largest absolute Gasteiger partial charge is 0.354 e. The van der Waals surface area contributed by atoms with Crippen LogP contribution in [-0.2, 0) is 32.6 Å². The van der Waals surface area contributed by atoms with Crippen LogP contribution in [0.4, 0.5) is 5.69 Å². The van der Waals surface area contributed by atoms with Crippen molar-refractivity contribution in [3.8, 4) is 0 Å². The fourth-order valence-corrected chi connectivity index (χ4v) is 5.90. The van der Waals surface area contributed by atoms with Crippen LogP contribution in [-0.4, -0.2) is 50.5 Å². The number of benzene rings is 3. The smallest absolute Gasteiger partial charge is 0.244 e. The summed E-state index contributed by atoms with van der Waals surface area (Å²) < 4.78 is 27.5. The molecule has 214 valence electrons. The van der Waals surface area contributed by atoms with Crippen LogP contribution in [0.3, 0.4) is 0 Å². The number of sulfonamides is 1. The van der Waals surface area contributed by atoms with Crippen LogP contribution in [0.5, 0.6) is 0 Å². The van der Waals surface area contributed by atoms with Gasteiger partial charge in [0.2, 0.25) is 21.8 Å². The van der Waals surface area contributed by atoms with E-state index in [2.05, 4.69) is 21.2 Å². The minimum atomic E-state index is -3.93. The molecule has 3 aromatic rings. The third-order valence-corrected chi connectivity index (χ3v) is 8.08. The van der Waals surface area contributed by atoms with Gasteiger partial charge in [-0.15, -0.1) is 0 Å². The molecule has 0 radical (unpaired) electrons. The van der Waals surface area contributed by atoms with E-state index in [9.17, 15) is 18.0 Å². The molecule has 0 saturated carbocycles. The van der Waals surface area contributed by atoms with Gasteiger partial charge in [-0.1, -0.05) is 95.4 Å². The molecule has 3 aromatic carbocycles. The molecule has 0 spiro atoms. The van der Waals surface area contributed by atoms with Crippen LogP contribution in [0.15, 0.2) is 77.3 Å². The lowest BCUT2D eigenvalue weighted by Crippen LogP contribution is -2.53. The lowest BCUT2D eigenvalue weighted by atomic mass is 10.0. The van der Waals surface area contributed by atoms with Gasteiger partial charge in [-0.2, -0.15) is 0 Å². The fourth-order valence-electron chi connectivity index (χ4n) is 4.11. The van der Waals surface area contributed by atoms with E-state index in [0.717, 1.165) is 26.2 Å². The minimum absolute atomic E-state index is 0.0821. The Morgan fingerprint density at radius 2 is 1.55 bits per heavy atom. The molecule has 0 aromatic heterocycles. The van der Waals surface area contributed by atoms with Gasteiger partial charge in [0, 0.05) is 34.0 Å². The van der Waals surface area contributed by atoms with E-state index in [-0.39, 0.29) is 40.5 Å². The molecule has 0 heterocycles. The van der Waals surface area contributed by atoms with Crippen LogP contribution < -0.4 is 9.62 Å². The van der Waals surface area contributed by atoms with Gasteiger partial charge in [0.1, 0.15) is 12.6 Å². The van der Waals surface area contributed by atoms with Gasteiger partial charge in [-0.3, -0.25) is 13.9 Å². The fraction of sp³-hybridized carbons (Fsp3) is 0.310. The molecule has 1 N–H and O–H groups in total. The SMILES string of the molecule is CC(C)CNC(=O)C(Cc1ccccc1)N(Cc1cccc(Br)c1)C(=O)CN(c1cc(Cl)cc(Cl)c1)S(C)(=O)=O. The van der Waals surface area contributed by atoms with Crippen LogP contribution >= 0.6 is 39.1 Å². The van der Waals surface area contributed by atoms with Crippen molar-refractivity contribution >= 4 is 66.7 Å². The minimum Gasteiger partial charge on any atom is -0.354 e. The maximum absolute atomic E-state index is 14.1. The van der Waals surface area contributed by atoms with Crippen LogP contribution in [0, 0.1) is 5.92 Å².